The number of carbonyl (C=O) groups is 1. The molecule has 0 bridgehead atoms. The quantitative estimate of drug-likeness (QED) is 0.685. The van der Waals surface area contributed by atoms with Gasteiger partial charge in [-0.15, -0.1) is 0 Å². The van der Waals surface area contributed by atoms with Crippen LogP contribution in [-0.2, 0) is 4.79 Å². The van der Waals surface area contributed by atoms with E-state index in [9.17, 15) is 14.9 Å². The van der Waals surface area contributed by atoms with E-state index in [1.54, 1.807) is 12.1 Å². The molecule has 1 saturated carbocycles. The van der Waals surface area contributed by atoms with Crippen LogP contribution in [0.2, 0.25) is 0 Å². The van der Waals surface area contributed by atoms with Crippen LogP contribution in [-0.4, -0.2) is 10.8 Å². The maximum atomic E-state index is 11.4. The minimum Gasteiger partial charge on any atom is -0.326 e. The Balaban J connectivity index is 2.18. The van der Waals surface area contributed by atoms with Gasteiger partial charge in [-0.3, -0.25) is 14.9 Å². The largest absolute Gasteiger partial charge is 0.326 e. The molecule has 0 spiro atoms. The lowest BCUT2D eigenvalue weighted by molar-refractivity contribution is -0.385. The number of nitro benzene ring substituents is 1. The topological polar surface area (TPSA) is 72.2 Å². The fourth-order valence-electron chi connectivity index (χ4n) is 1.32. The number of rotatable bonds is 3. The first-order chi connectivity index (χ1) is 7.58. The van der Waals surface area contributed by atoms with Gasteiger partial charge < -0.3 is 5.32 Å². The highest BCUT2D eigenvalue weighted by Crippen LogP contribution is 2.32. The van der Waals surface area contributed by atoms with Gasteiger partial charge in [-0.1, -0.05) is 0 Å². The molecular weight excluding hydrogens is 276 g/mol. The van der Waals surface area contributed by atoms with Gasteiger partial charge in [0.2, 0.25) is 5.91 Å². The van der Waals surface area contributed by atoms with Crippen molar-refractivity contribution in [1.82, 2.24) is 0 Å². The highest BCUT2D eigenvalue weighted by atomic mass is 79.9. The van der Waals surface area contributed by atoms with E-state index in [1.807, 2.05) is 0 Å². The van der Waals surface area contributed by atoms with Gasteiger partial charge in [-0.25, -0.2) is 0 Å². The maximum absolute atomic E-state index is 11.4. The third kappa shape index (κ3) is 2.38. The summed E-state index contributed by atoms with van der Waals surface area (Å²) in [4.78, 5) is 21.6. The third-order valence-corrected chi connectivity index (χ3v) is 3.03. The standard InChI is InChI=1S/C10H9BrN2O3/c11-8-4-3-7(5-9(8)13(15)16)12-10(14)6-1-2-6/h3-6H,1-2H2,(H,12,14). The van der Waals surface area contributed by atoms with Crippen LogP contribution in [0.1, 0.15) is 12.8 Å². The minimum absolute atomic E-state index is 0.0476. The molecule has 1 fully saturated rings. The fourth-order valence-corrected chi connectivity index (χ4v) is 1.71. The highest BCUT2D eigenvalue weighted by molar-refractivity contribution is 9.10. The number of hydrogen-bond acceptors (Lipinski definition) is 3. The van der Waals surface area contributed by atoms with Crippen LogP contribution in [0.4, 0.5) is 11.4 Å². The number of carbonyl (C=O) groups excluding carboxylic acids is 1. The molecule has 1 aliphatic carbocycles. The normalized spacial score (nSPS) is 14.6. The Bertz CT molecular complexity index is 457. The van der Waals surface area contributed by atoms with Crippen molar-refractivity contribution in [2.45, 2.75) is 12.8 Å². The van der Waals surface area contributed by atoms with Crippen molar-refractivity contribution in [3.8, 4) is 0 Å². The molecular formula is C10H9BrN2O3. The summed E-state index contributed by atoms with van der Waals surface area (Å²) in [7, 11) is 0. The number of nitro groups is 1. The molecule has 0 saturated heterocycles. The Morgan fingerprint density at radius 2 is 2.19 bits per heavy atom. The van der Waals surface area contributed by atoms with E-state index < -0.39 is 4.92 Å². The molecule has 2 rings (SSSR count). The van der Waals surface area contributed by atoms with Gasteiger partial charge in [0.05, 0.1) is 9.40 Å². The monoisotopic (exact) mass is 284 g/mol. The fraction of sp³-hybridized carbons (Fsp3) is 0.300. The van der Waals surface area contributed by atoms with E-state index >= 15 is 0 Å². The molecule has 6 heteroatoms. The van der Waals surface area contributed by atoms with Crippen molar-refractivity contribution in [2.75, 3.05) is 5.32 Å². The summed E-state index contributed by atoms with van der Waals surface area (Å²) in [6.45, 7) is 0. The zero-order valence-electron chi connectivity index (χ0n) is 8.27. The molecule has 1 aromatic carbocycles. The third-order valence-electron chi connectivity index (χ3n) is 2.36. The zero-order valence-corrected chi connectivity index (χ0v) is 9.86. The van der Waals surface area contributed by atoms with Crippen LogP contribution >= 0.6 is 15.9 Å². The molecule has 1 aliphatic rings. The minimum atomic E-state index is -0.489. The molecule has 84 valence electrons. The van der Waals surface area contributed by atoms with Gasteiger partial charge in [-0.2, -0.15) is 0 Å². The summed E-state index contributed by atoms with van der Waals surface area (Å²) in [5, 5.41) is 13.3. The average molecular weight is 285 g/mol. The van der Waals surface area contributed by atoms with E-state index in [2.05, 4.69) is 21.2 Å². The van der Waals surface area contributed by atoms with Gasteiger partial charge in [-0.05, 0) is 40.9 Å². The summed E-state index contributed by atoms with van der Waals surface area (Å²) in [6, 6.07) is 4.54. The molecule has 1 N–H and O–H groups in total. The second kappa shape index (κ2) is 4.21. The molecule has 1 amide bonds. The Morgan fingerprint density at radius 1 is 1.50 bits per heavy atom. The van der Waals surface area contributed by atoms with Crippen LogP contribution in [0.25, 0.3) is 0 Å². The summed E-state index contributed by atoms with van der Waals surface area (Å²) in [6.07, 6.45) is 1.81. The molecule has 0 unspecified atom stereocenters. The predicted molar refractivity (Wildman–Crippen MR) is 62.2 cm³/mol. The molecule has 0 atom stereocenters. The van der Waals surface area contributed by atoms with Crippen molar-refractivity contribution in [3.05, 3.63) is 32.8 Å². The molecule has 1 aromatic rings. The smallest absolute Gasteiger partial charge is 0.285 e. The zero-order chi connectivity index (χ0) is 11.7. The van der Waals surface area contributed by atoms with E-state index in [0.29, 0.717) is 10.2 Å². The van der Waals surface area contributed by atoms with Crippen LogP contribution in [0.15, 0.2) is 22.7 Å². The van der Waals surface area contributed by atoms with Gasteiger partial charge >= 0.3 is 0 Å². The number of nitrogens with zero attached hydrogens (tertiary/aromatic N) is 1. The van der Waals surface area contributed by atoms with Crippen LogP contribution in [0.5, 0.6) is 0 Å². The average Bonchev–Trinajstić information content (AvgIpc) is 3.03. The van der Waals surface area contributed by atoms with E-state index in [-0.39, 0.29) is 17.5 Å². The van der Waals surface area contributed by atoms with Crippen molar-refractivity contribution in [2.24, 2.45) is 5.92 Å². The first-order valence-electron chi connectivity index (χ1n) is 4.83. The van der Waals surface area contributed by atoms with E-state index in [0.717, 1.165) is 12.8 Å². The molecule has 0 radical (unpaired) electrons. The molecule has 0 aromatic heterocycles. The van der Waals surface area contributed by atoms with Gasteiger partial charge in [0.15, 0.2) is 0 Å². The maximum Gasteiger partial charge on any atom is 0.285 e. The first kappa shape index (κ1) is 11.1. The highest BCUT2D eigenvalue weighted by Gasteiger charge is 2.29. The van der Waals surface area contributed by atoms with Gasteiger partial charge in [0.1, 0.15) is 0 Å². The molecule has 5 nitrogen and oxygen atoms in total. The number of anilines is 1. The van der Waals surface area contributed by atoms with Crippen molar-refractivity contribution >= 4 is 33.2 Å². The SMILES string of the molecule is O=C(Nc1ccc(Br)c([N+](=O)[O-])c1)C1CC1. The second-order valence-corrected chi connectivity index (χ2v) is 4.54. The number of benzene rings is 1. The second-order valence-electron chi connectivity index (χ2n) is 3.69. The van der Waals surface area contributed by atoms with Crippen LogP contribution in [0, 0.1) is 16.0 Å². The predicted octanol–water partition coefficient (Wildman–Crippen LogP) is 2.71. The van der Waals surface area contributed by atoms with Crippen LogP contribution in [0.3, 0.4) is 0 Å². The van der Waals surface area contributed by atoms with Gasteiger partial charge in [0, 0.05) is 17.7 Å². The number of nitrogens with one attached hydrogen (secondary N) is 1. The lowest BCUT2D eigenvalue weighted by Crippen LogP contribution is -2.13. The Morgan fingerprint density at radius 3 is 2.75 bits per heavy atom. The Hall–Kier alpha value is -1.43. The lowest BCUT2D eigenvalue weighted by Gasteiger charge is -2.04. The van der Waals surface area contributed by atoms with Crippen molar-refractivity contribution < 1.29 is 9.72 Å². The van der Waals surface area contributed by atoms with Crippen molar-refractivity contribution in [1.29, 1.82) is 0 Å². The first-order valence-corrected chi connectivity index (χ1v) is 5.62. The molecule has 16 heavy (non-hydrogen) atoms. The lowest BCUT2D eigenvalue weighted by atomic mass is 10.2. The number of amides is 1. The van der Waals surface area contributed by atoms with E-state index in [4.69, 9.17) is 0 Å². The summed E-state index contributed by atoms with van der Waals surface area (Å²) >= 11 is 3.08. The van der Waals surface area contributed by atoms with Gasteiger partial charge in [0.25, 0.3) is 5.69 Å². The summed E-state index contributed by atoms with van der Waals surface area (Å²) in [5.41, 5.74) is 0.417. The van der Waals surface area contributed by atoms with E-state index in [1.165, 1.54) is 6.07 Å². The van der Waals surface area contributed by atoms with Crippen molar-refractivity contribution in [3.63, 3.8) is 0 Å². The molecule has 0 heterocycles. The Kier molecular flexibility index (Phi) is 2.91. The number of halogens is 1. The van der Waals surface area contributed by atoms with Crippen LogP contribution < -0.4 is 5.32 Å². The summed E-state index contributed by atoms with van der Waals surface area (Å²) < 4.78 is 0.405. The summed E-state index contributed by atoms with van der Waals surface area (Å²) in [5.74, 6) is 0.0272. The Labute approximate surface area is 100 Å². The number of hydrogen-bond donors (Lipinski definition) is 1. The molecule has 0 aliphatic heterocycles.